The first-order chi connectivity index (χ1) is 8.58. The maximum Gasteiger partial charge on any atom is 0.574 e. The van der Waals surface area contributed by atoms with Gasteiger partial charge in [0.05, 0.1) is 17.9 Å². The standard InChI is InChI=1S/C9H8F6N2O2/c10-8(11,12)5-1-4(3-18)7(17-6(5)2-16)19-9(13,14)15/h1,18H,2-3,16H2. The number of aliphatic hydroxyl groups excluding tert-OH is 1. The summed E-state index contributed by atoms with van der Waals surface area (Å²) in [5.41, 5.74) is 2.16. The Morgan fingerprint density at radius 1 is 1.21 bits per heavy atom. The summed E-state index contributed by atoms with van der Waals surface area (Å²) in [6.45, 7) is -1.82. The van der Waals surface area contributed by atoms with Gasteiger partial charge in [0.25, 0.3) is 0 Å². The minimum absolute atomic E-state index is 0.330. The molecule has 0 bridgehead atoms. The highest BCUT2D eigenvalue weighted by atomic mass is 19.4. The number of halogens is 6. The molecule has 1 aromatic heterocycles. The molecule has 0 aliphatic carbocycles. The predicted molar refractivity (Wildman–Crippen MR) is 49.7 cm³/mol. The van der Waals surface area contributed by atoms with Gasteiger partial charge in [-0.25, -0.2) is 4.98 Å². The molecule has 0 unspecified atom stereocenters. The summed E-state index contributed by atoms with van der Waals surface area (Å²) >= 11 is 0. The number of pyridine rings is 1. The summed E-state index contributed by atoms with van der Waals surface area (Å²) in [5.74, 6) is -1.15. The third-order valence-corrected chi connectivity index (χ3v) is 2.02. The van der Waals surface area contributed by atoms with Gasteiger partial charge in [0.1, 0.15) is 0 Å². The number of rotatable bonds is 3. The summed E-state index contributed by atoms with van der Waals surface area (Å²) in [6.07, 6.45) is -9.98. The molecule has 0 amide bonds. The van der Waals surface area contributed by atoms with Crippen molar-refractivity contribution in [3.8, 4) is 5.88 Å². The molecule has 0 spiro atoms. The van der Waals surface area contributed by atoms with Crippen LogP contribution < -0.4 is 10.5 Å². The van der Waals surface area contributed by atoms with Crippen molar-refractivity contribution in [3.63, 3.8) is 0 Å². The fourth-order valence-electron chi connectivity index (χ4n) is 1.29. The molecule has 0 aliphatic rings. The highest BCUT2D eigenvalue weighted by Crippen LogP contribution is 2.35. The first kappa shape index (κ1) is 15.5. The molecule has 1 rings (SSSR count). The predicted octanol–water partition coefficient (Wildman–Crippen LogP) is 1.95. The molecule has 3 N–H and O–H groups in total. The van der Waals surface area contributed by atoms with Gasteiger partial charge in [-0.15, -0.1) is 13.2 Å². The van der Waals surface area contributed by atoms with Crippen molar-refractivity contribution in [3.05, 3.63) is 22.9 Å². The fraction of sp³-hybridized carbons (Fsp3) is 0.444. The molecule has 0 fully saturated rings. The molecular weight excluding hydrogens is 282 g/mol. The highest BCUT2D eigenvalue weighted by Gasteiger charge is 2.37. The summed E-state index contributed by atoms with van der Waals surface area (Å²) < 4.78 is 77.3. The van der Waals surface area contributed by atoms with E-state index in [2.05, 4.69) is 9.72 Å². The monoisotopic (exact) mass is 290 g/mol. The molecule has 19 heavy (non-hydrogen) atoms. The van der Waals surface area contributed by atoms with Gasteiger partial charge < -0.3 is 15.6 Å². The van der Waals surface area contributed by atoms with Crippen molar-refractivity contribution in [2.75, 3.05) is 0 Å². The first-order valence-electron chi connectivity index (χ1n) is 4.75. The third kappa shape index (κ3) is 3.96. The molecule has 0 radical (unpaired) electrons. The number of aromatic nitrogens is 1. The first-order valence-corrected chi connectivity index (χ1v) is 4.75. The molecular formula is C9H8F6N2O2. The van der Waals surface area contributed by atoms with E-state index in [0.717, 1.165) is 0 Å². The van der Waals surface area contributed by atoms with Gasteiger partial charge in [-0.1, -0.05) is 0 Å². The Hall–Kier alpha value is -1.55. The van der Waals surface area contributed by atoms with Crippen LogP contribution in [-0.4, -0.2) is 16.5 Å². The van der Waals surface area contributed by atoms with E-state index in [1.165, 1.54) is 0 Å². The minimum atomic E-state index is -5.14. The maximum atomic E-state index is 12.6. The van der Waals surface area contributed by atoms with Crippen molar-refractivity contribution in [1.29, 1.82) is 0 Å². The van der Waals surface area contributed by atoms with E-state index >= 15 is 0 Å². The number of hydrogen-bond donors (Lipinski definition) is 2. The van der Waals surface area contributed by atoms with E-state index in [1.54, 1.807) is 0 Å². The van der Waals surface area contributed by atoms with Gasteiger partial charge in [-0.3, -0.25) is 0 Å². The third-order valence-electron chi connectivity index (χ3n) is 2.02. The molecule has 108 valence electrons. The van der Waals surface area contributed by atoms with Crippen LogP contribution in [0.25, 0.3) is 0 Å². The smallest absolute Gasteiger partial charge is 0.391 e. The molecule has 0 atom stereocenters. The zero-order valence-electron chi connectivity index (χ0n) is 9.14. The molecule has 0 aromatic carbocycles. The fourth-order valence-corrected chi connectivity index (χ4v) is 1.29. The topological polar surface area (TPSA) is 68.4 Å². The molecule has 0 saturated carbocycles. The van der Waals surface area contributed by atoms with Gasteiger partial charge in [-0.2, -0.15) is 13.2 Å². The number of alkyl halides is 6. The second-order valence-electron chi connectivity index (χ2n) is 3.35. The van der Waals surface area contributed by atoms with Crippen molar-refractivity contribution >= 4 is 0 Å². The zero-order valence-corrected chi connectivity index (χ0v) is 9.14. The summed E-state index contributed by atoms with van der Waals surface area (Å²) in [5, 5.41) is 8.78. The van der Waals surface area contributed by atoms with Crippen LogP contribution in [0, 0.1) is 0 Å². The molecule has 10 heteroatoms. The second-order valence-corrected chi connectivity index (χ2v) is 3.35. The van der Waals surface area contributed by atoms with Gasteiger partial charge in [-0.05, 0) is 6.07 Å². The van der Waals surface area contributed by atoms with Gasteiger partial charge >= 0.3 is 12.5 Å². The van der Waals surface area contributed by atoms with Crippen LogP contribution in [0.4, 0.5) is 26.3 Å². The molecule has 1 aromatic rings. The summed E-state index contributed by atoms with van der Waals surface area (Å²) in [4.78, 5) is 3.07. The van der Waals surface area contributed by atoms with E-state index in [9.17, 15) is 26.3 Å². The van der Waals surface area contributed by atoms with E-state index in [0.29, 0.717) is 6.07 Å². The van der Waals surface area contributed by atoms with Gasteiger partial charge in [0.15, 0.2) is 0 Å². The van der Waals surface area contributed by atoms with Crippen molar-refractivity contribution < 1.29 is 36.2 Å². The largest absolute Gasteiger partial charge is 0.574 e. The SMILES string of the molecule is NCc1nc(OC(F)(F)F)c(CO)cc1C(F)(F)F. The molecule has 1 heterocycles. The Balaban J connectivity index is 3.36. The zero-order chi connectivity index (χ0) is 14.8. The molecule has 0 saturated heterocycles. The van der Waals surface area contributed by atoms with E-state index < -0.39 is 48.4 Å². The van der Waals surface area contributed by atoms with Crippen LogP contribution in [0.5, 0.6) is 5.88 Å². The van der Waals surface area contributed by atoms with Crippen molar-refractivity contribution in [1.82, 2.24) is 4.98 Å². The number of nitrogens with zero attached hydrogens (tertiary/aromatic N) is 1. The van der Waals surface area contributed by atoms with Crippen LogP contribution in [0.1, 0.15) is 16.8 Å². The van der Waals surface area contributed by atoms with E-state index in [1.807, 2.05) is 0 Å². The van der Waals surface area contributed by atoms with Crippen molar-refractivity contribution in [2.45, 2.75) is 25.7 Å². The van der Waals surface area contributed by atoms with Gasteiger partial charge in [0.2, 0.25) is 5.88 Å². The summed E-state index contributed by atoms with van der Waals surface area (Å²) in [7, 11) is 0. The van der Waals surface area contributed by atoms with Crippen LogP contribution in [0.15, 0.2) is 6.07 Å². The number of hydrogen-bond acceptors (Lipinski definition) is 4. The quantitative estimate of drug-likeness (QED) is 0.835. The molecule has 4 nitrogen and oxygen atoms in total. The average Bonchev–Trinajstić information content (AvgIpc) is 2.24. The lowest BCUT2D eigenvalue weighted by Crippen LogP contribution is -2.22. The number of nitrogens with two attached hydrogens (primary N) is 1. The van der Waals surface area contributed by atoms with Crippen LogP contribution >= 0.6 is 0 Å². The van der Waals surface area contributed by atoms with E-state index in [-0.39, 0.29) is 0 Å². The van der Waals surface area contributed by atoms with Crippen LogP contribution in [0.2, 0.25) is 0 Å². The number of aliphatic hydroxyl groups is 1. The average molecular weight is 290 g/mol. The Bertz CT molecular complexity index is 457. The summed E-state index contributed by atoms with van der Waals surface area (Å²) in [6, 6.07) is 0.330. The maximum absolute atomic E-state index is 12.6. The molecule has 0 aliphatic heterocycles. The Morgan fingerprint density at radius 2 is 1.79 bits per heavy atom. The number of ether oxygens (including phenoxy) is 1. The second kappa shape index (κ2) is 5.21. The lowest BCUT2D eigenvalue weighted by atomic mass is 10.1. The van der Waals surface area contributed by atoms with Crippen LogP contribution in [0.3, 0.4) is 0 Å². The van der Waals surface area contributed by atoms with Crippen LogP contribution in [-0.2, 0) is 19.3 Å². The highest BCUT2D eigenvalue weighted by molar-refractivity contribution is 5.36. The minimum Gasteiger partial charge on any atom is -0.391 e. The lowest BCUT2D eigenvalue weighted by molar-refractivity contribution is -0.276. The van der Waals surface area contributed by atoms with Crippen molar-refractivity contribution in [2.24, 2.45) is 5.73 Å². The Labute approximate surface area is 102 Å². The lowest BCUT2D eigenvalue weighted by Gasteiger charge is -2.16. The Morgan fingerprint density at radius 3 is 2.16 bits per heavy atom. The normalized spacial score (nSPS) is 12.6. The van der Waals surface area contributed by atoms with Gasteiger partial charge in [0, 0.05) is 12.1 Å². The van der Waals surface area contributed by atoms with E-state index in [4.69, 9.17) is 10.8 Å². The Kier molecular flexibility index (Phi) is 4.25.